The van der Waals surface area contributed by atoms with E-state index >= 15 is 0 Å². The lowest BCUT2D eigenvalue weighted by Crippen LogP contribution is -2.99. The maximum atomic E-state index is 13.9. The molecule has 0 saturated carbocycles. The summed E-state index contributed by atoms with van der Waals surface area (Å²) in [7, 11) is 0. The van der Waals surface area contributed by atoms with E-state index in [-0.39, 0.29) is 23.8 Å². The lowest BCUT2D eigenvalue weighted by Gasteiger charge is -2.27. The molecule has 4 atom stereocenters. The summed E-state index contributed by atoms with van der Waals surface area (Å²) in [6.45, 7) is 6.16. The number of fused-ring (bicyclic) bond motifs is 4. The van der Waals surface area contributed by atoms with Gasteiger partial charge in [0.05, 0.1) is 17.4 Å². The molecule has 2 aromatic carbocycles. The van der Waals surface area contributed by atoms with Crippen molar-refractivity contribution in [1.29, 1.82) is 0 Å². The summed E-state index contributed by atoms with van der Waals surface area (Å²) in [5.41, 5.74) is 1.02. The Hall–Kier alpha value is -2.77. The van der Waals surface area contributed by atoms with Crippen LogP contribution in [0.25, 0.3) is 0 Å². The first kappa shape index (κ1) is 20.2. The Morgan fingerprint density at radius 2 is 1.81 bits per heavy atom. The fourth-order valence-electron chi connectivity index (χ4n) is 5.64. The smallest absolute Gasteiger partial charge is 0.294 e. The maximum Gasteiger partial charge on any atom is 0.294 e. The number of amides is 3. The van der Waals surface area contributed by atoms with Crippen molar-refractivity contribution in [2.75, 3.05) is 16.3 Å². The highest BCUT2D eigenvalue weighted by molar-refractivity contribution is 9.10. The highest BCUT2D eigenvalue weighted by atomic mass is 79.9. The molecule has 1 spiro atoms. The first-order chi connectivity index (χ1) is 15.0. The van der Waals surface area contributed by atoms with Gasteiger partial charge >= 0.3 is 0 Å². The van der Waals surface area contributed by atoms with Crippen molar-refractivity contribution in [3.63, 3.8) is 0 Å². The van der Waals surface area contributed by atoms with E-state index in [0.717, 1.165) is 15.7 Å². The van der Waals surface area contributed by atoms with Gasteiger partial charge in [-0.1, -0.05) is 47.1 Å². The maximum absolute atomic E-state index is 13.9. The van der Waals surface area contributed by atoms with Crippen molar-refractivity contribution < 1.29 is 19.7 Å². The molecule has 3 heterocycles. The molecular formula is C24H23BrN3O3+. The van der Waals surface area contributed by atoms with Gasteiger partial charge in [0.2, 0.25) is 17.4 Å². The van der Waals surface area contributed by atoms with Crippen LogP contribution in [0.2, 0.25) is 0 Å². The van der Waals surface area contributed by atoms with Gasteiger partial charge in [-0.15, -0.1) is 6.58 Å². The number of quaternary nitrogens is 1. The van der Waals surface area contributed by atoms with E-state index in [9.17, 15) is 14.4 Å². The fraction of sp³-hybridized carbons (Fsp3) is 0.292. The zero-order valence-corrected chi connectivity index (χ0v) is 18.7. The minimum atomic E-state index is -1.12. The third kappa shape index (κ3) is 2.56. The fourth-order valence-corrected chi connectivity index (χ4v) is 5.91. The molecule has 158 valence electrons. The second-order valence-corrected chi connectivity index (χ2v) is 9.24. The van der Waals surface area contributed by atoms with Gasteiger partial charge in [0, 0.05) is 16.6 Å². The van der Waals surface area contributed by atoms with Gasteiger partial charge in [-0.25, -0.2) is 4.90 Å². The van der Waals surface area contributed by atoms with Crippen molar-refractivity contribution >= 4 is 45.0 Å². The lowest BCUT2D eigenvalue weighted by molar-refractivity contribution is -0.733. The number of benzene rings is 2. The van der Waals surface area contributed by atoms with Crippen molar-refractivity contribution in [3.8, 4) is 0 Å². The predicted molar refractivity (Wildman–Crippen MR) is 120 cm³/mol. The highest BCUT2D eigenvalue weighted by Gasteiger charge is 2.75. The summed E-state index contributed by atoms with van der Waals surface area (Å²) < 4.78 is 0.867. The number of nitrogens with two attached hydrogens (primary N) is 1. The summed E-state index contributed by atoms with van der Waals surface area (Å²) in [5.74, 6) is -1.94. The van der Waals surface area contributed by atoms with Crippen LogP contribution in [0, 0.1) is 11.8 Å². The SMILES string of the molecule is C=CCN1C(=O)[C@]2([NH2+][C@@H](CC)[C@H]3C(=O)N(c4ccc(Br)cc4)C(=O)[C@H]32)c2ccccc21. The van der Waals surface area contributed by atoms with Crippen LogP contribution < -0.4 is 15.1 Å². The average molecular weight is 481 g/mol. The van der Waals surface area contributed by atoms with E-state index in [0.29, 0.717) is 18.7 Å². The lowest BCUT2D eigenvalue weighted by atomic mass is 9.76. The Kier molecular flexibility index (Phi) is 4.64. The molecule has 31 heavy (non-hydrogen) atoms. The van der Waals surface area contributed by atoms with Crippen molar-refractivity contribution in [2.24, 2.45) is 11.8 Å². The highest BCUT2D eigenvalue weighted by Crippen LogP contribution is 2.51. The van der Waals surface area contributed by atoms with Crippen LogP contribution in [0.4, 0.5) is 11.4 Å². The zero-order valence-electron chi connectivity index (χ0n) is 17.1. The first-order valence-corrected chi connectivity index (χ1v) is 11.3. The Balaban J connectivity index is 1.68. The molecule has 0 unspecified atom stereocenters. The number of para-hydroxylation sites is 1. The summed E-state index contributed by atoms with van der Waals surface area (Å²) in [6.07, 6.45) is 2.38. The Morgan fingerprint density at radius 1 is 1.10 bits per heavy atom. The summed E-state index contributed by atoms with van der Waals surface area (Å²) >= 11 is 3.40. The van der Waals surface area contributed by atoms with Gasteiger partial charge in [0.1, 0.15) is 11.8 Å². The molecule has 2 fully saturated rings. The number of halogens is 1. The Morgan fingerprint density at radius 3 is 2.48 bits per heavy atom. The average Bonchev–Trinajstić information content (AvgIpc) is 3.34. The molecule has 3 aliphatic rings. The number of carbonyl (C=O) groups is 3. The van der Waals surface area contributed by atoms with E-state index < -0.39 is 17.4 Å². The number of carbonyl (C=O) groups excluding carboxylic acids is 3. The zero-order chi connectivity index (χ0) is 21.9. The van der Waals surface area contributed by atoms with Gasteiger partial charge in [-0.05, 0) is 36.8 Å². The van der Waals surface area contributed by atoms with Crippen LogP contribution in [-0.2, 0) is 19.9 Å². The molecule has 3 amide bonds. The van der Waals surface area contributed by atoms with E-state index in [1.807, 2.05) is 48.6 Å². The Labute approximate surface area is 189 Å². The molecule has 3 aliphatic heterocycles. The van der Waals surface area contributed by atoms with Gasteiger partial charge in [-0.2, -0.15) is 0 Å². The molecule has 2 N–H and O–H groups in total. The number of rotatable bonds is 4. The quantitative estimate of drug-likeness (QED) is 0.538. The van der Waals surface area contributed by atoms with Crippen LogP contribution in [0.15, 0.2) is 65.7 Å². The third-order valence-electron chi connectivity index (χ3n) is 6.89. The number of nitrogens with zero attached hydrogens (tertiary/aromatic N) is 2. The normalized spacial score (nSPS) is 29.1. The molecule has 7 heteroatoms. The van der Waals surface area contributed by atoms with E-state index in [1.165, 1.54) is 4.90 Å². The van der Waals surface area contributed by atoms with Crippen LogP contribution in [0.1, 0.15) is 18.9 Å². The number of hydrogen-bond acceptors (Lipinski definition) is 3. The molecule has 2 saturated heterocycles. The molecule has 0 bridgehead atoms. The standard InChI is InChI=1S/C24H22BrN3O3/c1-3-13-27-18-8-6-5-7-16(18)24(23(27)31)20-19(17(4-2)26-24)21(29)28(22(20)30)15-11-9-14(25)10-12-15/h3,5-12,17,19-20,26H,1,4,13H2,2H3/p+1/t17-,19+,20-,24-/m0/s1. The van der Waals surface area contributed by atoms with Gasteiger partial charge in [-0.3, -0.25) is 14.4 Å². The Bertz CT molecular complexity index is 1120. The molecule has 0 radical (unpaired) electrons. The monoisotopic (exact) mass is 480 g/mol. The van der Waals surface area contributed by atoms with Crippen molar-refractivity contribution in [3.05, 3.63) is 71.2 Å². The number of anilines is 2. The molecule has 5 rings (SSSR count). The van der Waals surface area contributed by atoms with Crippen LogP contribution in [0.3, 0.4) is 0 Å². The van der Waals surface area contributed by atoms with Crippen LogP contribution in [-0.4, -0.2) is 30.3 Å². The number of imide groups is 1. The molecule has 0 aromatic heterocycles. The van der Waals surface area contributed by atoms with Gasteiger partial charge < -0.3 is 10.2 Å². The largest absolute Gasteiger partial charge is 0.326 e. The molecule has 6 nitrogen and oxygen atoms in total. The van der Waals surface area contributed by atoms with E-state index in [2.05, 4.69) is 22.5 Å². The molecular weight excluding hydrogens is 458 g/mol. The topological polar surface area (TPSA) is 74.3 Å². The minimum absolute atomic E-state index is 0.140. The van der Waals surface area contributed by atoms with E-state index in [1.54, 1.807) is 23.1 Å². The summed E-state index contributed by atoms with van der Waals surface area (Å²) in [4.78, 5) is 44.2. The second kappa shape index (κ2) is 7.14. The molecule has 2 aromatic rings. The van der Waals surface area contributed by atoms with Crippen LogP contribution >= 0.6 is 15.9 Å². The summed E-state index contributed by atoms with van der Waals surface area (Å²) in [6, 6.07) is 14.6. The van der Waals surface area contributed by atoms with E-state index in [4.69, 9.17) is 0 Å². The van der Waals surface area contributed by atoms with Crippen molar-refractivity contribution in [1.82, 2.24) is 0 Å². The van der Waals surface area contributed by atoms with Crippen molar-refractivity contribution in [2.45, 2.75) is 24.9 Å². The third-order valence-corrected chi connectivity index (χ3v) is 7.42. The molecule has 0 aliphatic carbocycles. The summed E-state index contributed by atoms with van der Waals surface area (Å²) in [5, 5.41) is 1.99. The predicted octanol–water partition coefficient (Wildman–Crippen LogP) is 2.34. The van der Waals surface area contributed by atoms with Gasteiger partial charge in [0.15, 0.2) is 0 Å². The second-order valence-electron chi connectivity index (χ2n) is 8.32. The minimum Gasteiger partial charge on any atom is -0.326 e. The van der Waals surface area contributed by atoms with Crippen LogP contribution in [0.5, 0.6) is 0 Å². The first-order valence-electron chi connectivity index (χ1n) is 10.5. The number of hydrogen-bond donors (Lipinski definition) is 1. The van der Waals surface area contributed by atoms with Gasteiger partial charge in [0.25, 0.3) is 5.91 Å².